The first kappa shape index (κ1) is 23.8. The molecule has 0 saturated carbocycles. The van der Waals surface area contributed by atoms with Crippen LogP contribution < -0.4 is 5.56 Å². The molecule has 1 aliphatic heterocycles. The van der Waals surface area contributed by atoms with E-state index in [1.165, 1.54) is 12.1 Å². The van der Waals surface area contributed by atoms with Crippen LogP contribution in [0.5, 0.6) is 0 Å². The first-order valence-corrected chi connectivity index (χ1v) is 11.0. The highest BCUT2D eigenvalue weighted by molar-refractivity contribution is 7.53. The van der Waals surface area contributed by atoms with Gasteiger partial charge in [-0.3, -0.25) is 9.36 Å². The molecule has 10 heteroatoms. The highest BCUT2D eigenvalue weighted by Crippen LogP contribution is 2.52. The fourth-order valence-electron chi connectivity index (χ4n) is 3.19. The average Bonchev–Trinajstić information content (AvgIpc) is 2.90. The van der Waals surface area contributed by atoms with E-state index < -0.39 is 43.5 Å². The number of aliphatic hydroxyl groups excluding tert-OH is 3. The van der Waals surface area contributed by atoms with Gasteiger partial charge in [-0.05, 0) is 39.2 Å². The Kier molecular flexibility index (Phi) is 7.47. The van der Waals surface area contributed by atoms with Crippen LogP contribution >= 0.6 is 7.60 Å². The first-order chi connectivity index (χ1) is 13.4. The Bertz CT molecular complexity index is 888. The lowest BCUT2D eigenvalue weighted by atomic mass is 9.92. The smallest absolute Gasteiger partial charge is 0.356 e. The van der Waals surface area contributed by atoms with Crippen molar-refractivity contribution in [3.63, 3.8) is 0 Å². The number of aromatic amines is 1. The summed E-state index contributed by atoms with van der Waals surface area (Å²) in [6.07, 6.45) is -4.18. The van der Waals surface area contributed by atoms with E-state index in [4.69, 9.17) is 9.26 Å². The lowest BCUT2D eigenvalue weighted by Gasteiger charge is -2.34. The van der Waals surface area contributed by atoms with Crippen molar-refractivity contribution >= 4 is 7.60 Å². The summed E-state index contributed by atoms with van der Waals surface area (Å²) in [7, 11) is -4.29. The molecule has 1 fully saturated rings. The highest BCUT2D eigenvalue weighted by Gasteiger charge is 2.48. The monoisotopic (exact) mass is 429 g/mol. The minimum atomic E-state index is -4.29. The Morgan fingerprint density at radius 1 is 1.38 bits per heavy atom. The summed E-state index contributed by atoms with van der Waals surface area (Å²) in [5.41, 5.74) is -0.859. The molecule has 1 aromatic rings. The van der Waals surface area contributed by atoms with Crippen molar-refractivity contribution in [1.82, 2.24) is 4.98 Å². The second-order valence-electron chi connectivity index (χ2n) is 7.40. The molecule has 0 aromatic carbocycles. The summed E-state index contributed by atoms with van der Waals surface area (Å²) in [5, 5.41) is 30.5. The maximum Gasteiger partial charge on any atom is 0.356 e. The van der Waals surface area contributed by atoms with Crippen LogP contribution in [-0.2, 0) is 13.8 Å². The predicted octanol–water partition coefficient (Wildman–Crippen LogP) is 1.01. The van der Waals surface area contributed by atoms with Crippen LogP contribution in [0.1, 0.15) is 57.9 Å². The maximum atomic E-state index is 12.1. The normalized spacial score (nSPS) is 29.4. The lowest BCUT2D eigenvalue weighted by Crippen LogP contribution is -2.38. The van der Waals surface area contributed by atoms with E-state index in [0.717, 1.165) is 6.92 Å². The van der Waals surface area contributed by atoms with Crippen molar-refractivity contribution in [1.29, 1.82) is 0 Å². The van der Waals surface area contributed by atoms with Crippen LogP contribution in [0.15, 0.2) is 16.9 Å². The third-order valence-corrected chi connectivity index (χ3v) is 6.72. The Hall–Kier alpha value is -1.50. The number of pyridine rings is 1. The van der Waals surface area contributed by atoms with Crippen molar-refractivity contribution < 1.29 is 34.0 Å². The standard InChI is InChI=1S/C19H28NO8P/c1-5-7-13-12(8-9-15(22)20-13)18-17(24)16(23)14(27-18)10-19(4,6-2)28-29(25,26)11(3)21/h8-9,11,14,16-18,21,23-24H,6,10H2,1-4H3,(H,20,22)(H,25,26)/t11?,14-,16?,17+,18+,19?/m1/s1. The van der Waals surface area contributed by atoms with Crippen molar-refractivity contribution in [2.24, 2.45) is 0 Å². The number of hydrogen-bond donors (Lipinski definition) is 5. The van der Waals surface area contributed by atoms with Crippen LogP contribution in [0.3, 0.4) is 0 Å². The minimum Gasteiger partial charge on any atom is -0.388 e. The maximum absolute atomic E-state index is 12.1. The lowest BCUT2D eigenvalue weighted by molar-refractivity contribution is -0.0491. The molecule has 0 radical (unpaired) electrons. The molecule has 29 heavy (non-hydrogen) atoms. The van der Waals surface area contributed by atoms with Gasteiger partial charge < -0.3 is 34.5 Å². The number of aliphatic hydroxyl groups is 3. The Morgan fingerprint density at radius 3 is 2.59 bits per heavy atom. The van der Waals surface area contributed by atoms with Crippen molar-refractivity contribution in [3.05, 3.63) is 33.7 Å². The summed E-state index contributed by atoms with van der Waals surface area (Å²) in [4.78, 5) is 24.1. The fourth-order valence-corrected chi connectivity index (χ4v) is 4.18. The van der Waals surface area contributed by atoms with E-state index in [9.17, 15) is 29.6 Å². The Labute approximate surface area is 169 Å². The quantitative estimate of drug-likeness (QED) is 0.318. The van der Waals surface area contributed by atoms with E-state index in [1.807, 2.05) is 0 Å². The van der Waals surface area contributed by atoms with Gasteiger partial charge in [-0.25, -0.2) is 0 Å². The molecule has 2 rings (SSSR count). The minimum absolute atomic E-state index is 0.00631. The highest BCUT2D eigenvalue weighted by atomic mass is 31.2. The number of hydrogen-bond acceptors (Lipinski definition) is 7. The molecule has 0 bridgehead atoms. The summed E-state index contributed by atoms with van der Waals surface area (Å²) >= 11 is 0. The SMILES string of the molecule is CC#Cc1[nH]c(=O)ccc1[C@@H]1O[C@H](CC(C)(CC)OP(=O)(O)C(C)O)C(O)[C@@H]1O. The molecule has 1 aromatic heterocycles. The Balaban J connectivity index is 2.28. The van der Waals surface area contributed by atoms with E-state index in [1.54, 1.807) is 20.8 Å². The zero-order chi connectivity index (χ0) is 22.0. The fraction of sp³-hybridized carbons (Fsp3) is 0.632. The van der Waals surface area contributed by atoms with E-state index in [-0.39, 0.29) is 17.7 Å². The van der Waals surface area contributed by atoms with Gasteiger partial charge in [0.2, 0.25) is 5.56 Å². The zero-order valence-electron chi connectivity index (χ0n) is 16.8. The molecule has 0 spiro atoms. The molecule has 0 aliphatic carbocycles. The second-order valence-corrected chi connectivity index (χ2v) is 9.46. The second kappa shape index (κ2) is 9.11. The van der Waals surface area contributed by atoms with Crippen LogP contribution in [0.4, 0.5) is 0 Å². The number of ether oxygens (including phenoxy) is 1. The van der Waals surface area contributed by atoms with Gasteiger partial charge in [0.05, 0.1) is 17.4 Å². The summed E-state index contributed by atoms with van der Waals surface area (Å²) in [6, 6.07) is 2.75. The van der Waals surface area contributed by atoms with Crippen molar-refractivity contribution in [2.45, 2.75) is 76.4 Å². The zero-order valence-corrected chi connectivity index (χ0v) is 17.7. The van der Waals surface area contributed by atoms with Crippen molar-refractivity contribution in [2.75, 3.05) is 0 Å². The number of aromatic nitrogens is 1. The summed E-state index contributed by atoms with van der Waals surface area (Å²) < 4.78 is 23.3. The third kappa shape index (κ3) is 5.36. The van der Waals surface area contributed by atoms with Gasteiger partial charge in [0.25, 0.3) is 0 Å². The molecule has 2 heterocycles. The van der Waals surface area contributed by atoms with Crippen LogP contribution in [0.2, 0.25) is 0 Å². The van der Waals surface area contributed by atoms with Gasteiger partial charge in [-0.15, -0.1) is 0 Å². The third-order valence-electron chi connectivity index (χ3n) is 5.07. The number of nitrogens with one attached hydrogen (secondary N) is 1. The summed E-state index contributed by atoms with van der Waals surface area (Å²) in [5.74, 6) is 3.85. The van der Waals surface area contributed by atoms with E-state index in [0.29, 0.717) is 12.0 Å². The largest absolute Gasteiger partial charge is 0.388 e. The molecule has 9 nitrogen and oxygen atoms in total. The van der Waals surface area contributed by atoms with Crippen LogP contribution in [0.25, 0.3) is 0 Å². The van der Waals surface area contributed by atoms with E-state index >= 15 is 0 Å². The molecular weight excluding hydrogens is 401 g/mol. The first-order valence-electron chi connectivity index (χ1n) is 9.33. The van der Waals surface area contributed by atoms with Crippen molar-refractivity contribution in [3.8, 4) is 11.8 Å². The van der Waals surface area contributed by atoms with E-state index in [2.05, 4.69) is 16.8 Å². The van der Waals surface area contributed by atoms with Gasteiger partial charge in [-0.2, -0.15) is 0 Å². The topological polar surface area (TPSA) is 149 Å². The van der Waals surface area contributed by atoms with Gasteiger partial charge in [0, 0.05) is 18.1 Å². The molecule has 5 N–H and O–H groups in total. The Morgan fingerprint density at radius 2 is 2.03 bits per heavy atom. The molecule has 162 valence electrons. The molecule has 1 saturated heterocycles. The van der Waals surface area contributed by atoms with Gasteiger partial charge in [0.15, 0.2) is 5.85 Å². The molecule has 1 aliphatic rings. The number of H-pyrrole nitrogens is 1. The summed E-state index contributed by atoms with van der Waals surface area (Å²) in [6.45, 7) is 6.05. The van der Waals surface area contributed by atoms with Gasteiger partial charge in [0.1, 0.15) is 18.3 Å². The average molecular weight is 429 g/mol. The molecule has 0 amide bonds. The predicted molar refractivity (Wildman–Crippen MR) is 105 cm³/mol. The van der Waals surface area contributed by atoms with Crippen LogP contribution in [0, 0.1) is 11.8 Å². The molecule has 7 atom stereocenters. The molecular formula is C19H28NO8P. The number of rotatable bonds is 7. The molecule has 4 unspecified atom stereocenters. The van der Waals surface area contributed by atoms with Crippen LogP contribution in [-0.4, -0.2) is 55.0 Å². The van der Waals surface area contributed by atoms with Gasteiger partial charge in [-0.1, -0.05) is 12.8 Å². The van der Waals surface area contributed by atoms with Gasteiger partial charge >= 0.3 is 7.60 Å².